The number of ether oxygens (including phenoxy) is 1. The van der Waals surface area contributed by atoms with E-state index in [1.165, 1.54) is 12.1 Å². The lowest BCUT2D eigenvalue weighted by atomic mass is 10.1. The van der Waals surface area contributed by atoms with Crippen LogP contribution in [0, 0.1) is 12.7 Å². The van der Waals surface area contributed by atoms with E-state index in [0.717, 1.165) is 18.7 Å². The van der Waals surface area contributed by atoms with Gasteiger partial charge in [0.1, 0.15) is 11.6 Å². The molecule has 7 nitrogen and oxygen atoms in total. The molecule has 1 atom stereocenters. The monoisotopic (exact) mass is 398 g/mol. The van der Waals surface area contributed by atoms with Crippen LogP contribution in [-0.4, -0.2) is 52.5 Å². The highest BCUT2D eigenvalue weighted by Crippen LogP contribution is 2.38. The van der Waals surface area contributed by atoms with Gasteiger partial charge in [0.2, 0.25) is 5.91 Å². The normalized spacial score (nSPS) is 19.1. The van der Waals surface area contributed by atoms with Crippen LogP contribution in [0.5, 0.6) is 0 Å². The molecule has 2 heterocycles. The van der Waals surface area contributed by atoms with Gasteiger partial charge in [0.05, 0.1) is 36.2 Å². The first-order valence-electron chi connectivity index (χ1n) is 9.79. The van der Waals surface area contributed by atoms with Crippen molar-refractivity contribution in [1.82, 2.24) is 14.9 Å². The first-order valence-corrected chi connectivity index (χ1v) is 9.79. The molecule has 2 aromatic rings. The molecule has 0 radical (unpaired) electrons. The van der Waals surface area contributed by atoms with Crippen LogP contribution >= 0.6 is 0 Å². The molecule has 2 aliphatic rings. The third-order valence-electron chi connectivity index (χ3n) is 5.23. The van der Waals surface area contributed by atoms with Gasteiger partial charge in [-0.1, -0.05) is 12.1 Å². The molecule has 8 heteroatoms. The van der Waals surface area contributed by atoms with Gasteiger partial charge < -0.3 is 15.0 Å². The Labute approximate surface area is 168 Å². The Morgan fingerprint density at radius 3 is 2.83 bits per heavy atom. The zero-order chi connectivity index (χ0) is 20.4. The van der Waals surface area contributed by atoms with E-state index in [0.29, 0.717) is 30.3 Å². The highest BCUT2D eigenvalue weighted by molar-refractivity contribution is 5.96. The predicted octanol–water partition coefficient (Wildman–Crippen LogP) is 2.67. The van der Waals surface area contributed by atoms with Gasteiger partial charge in [-0.15, -0.1) is 0 Å². The zero-order valence-corrected chi connectivity index (χ0v) is 16.2. The van der Waals surface area contributed by atoms with Gasteiger partial charge in [0, 0.05) is 25.1 Å². The number of para-hydroxylation sites is 1. The Morgan fingerprint density at radius 1 is 1.31 bits per heavy atom. The van der Waals surface area contributed by atoms with E-state index < -0.39 is 11.9 Å². The van der Waals surface area contributed by atoms with E-state index >= 15 is 0 Å². The van der Waals surface area contributed by atoms with Crippen molar-refractivity contribution in [3.05, 3.63) is 53.4 Å². The number of aryl methyl sites for hydroxylation is 1. The van der Waals surface area contributed by atoms with E-state index in [9.17, 15) is 14.0 Å². The van der Waals surface area contributed by atoms with Crippen molar-refractivity contribution >= 4 is 17.5 Å². The third-order valence-corrected chi connectivity index (χ3v) is 5.23. The summed E-state index contributed by atoms with van der Waals surface area (Å²) in [7, 11) is 0. The molecule has 152 valence electrons. The molecular formula is C21H23FN4O3. The number of nitrogens with one attached hydrogen (secondary N) is 1. The number of carbonyl (C=O) groups is 2. The van der Waals surface area contributed by atoms with Crippen LogP contribution in [0.4, 0.5) is 10.1 Å². The molecule has 1 aromatic heterocycles. The molecule has 0 spiro atoms. The van der Waals surface area contributed by atoms with E-state index in [2.05, 4.69) is 15.3 Å². The second-order valence-corrected chi connectivity index (χ2v) is 7.46. The number of benzene rings is 1. The number of nitrogens with zero attached hydrogens (tertiary/aromatic N) is 3. The summed E-state index contributed by atoms with van der Waals surface area (Å²) in [5.41, 5.74) is 1.20. The highest BCUT2D eigenvalue weighted by atomic mass is 19.1. The molecule has 4 rings (SSSR count). The molecule has 1 unspecified atom stereocenters. The number of amides is 2. The number of carbonyl (C=O) groups excluding carboxylic acids is 2. The minimum atomic E-state index is -0.503. The van der Waals surface area contributed by atoms with Crippen molar-refractivity contribution < 1.29 is 18.7 Å². The van der Waals surface area contributed by atoms with Gasteiger partial charge in [-0.2, -0.15) is 0 Å². The van der Waals surface area contributed by atoms with E-state index in [1.54, 1.807) is 30.2 Å². The summed E-state index contributed by atoms with van der Waals surface area (Å²) in [6, 6.07) is 5.54. The summed E-state index contributed by atoms with van der Waals surface area (Å²) in [6.45, 7) is 2.83. The van der Waals surface area contributed by atoms with E-state index in [4.69, 9.17) is 4.74 Å². The summed E-state index contributed by atoms with van der Waals surface area (Å²) in [4.78, 5) is 36.0. The van der Waals surface area contributed by atoms with Crippen molar-refractivity contribution in [3.63, 3.8) is 0 Å². The molecule has 2 fully saturated rings. The van der Waals surface area contributed by atoms with Crippen LogP contribution < -0.4 is 5.32 Å². The Morgan fingerprint density at radius 2 is 2.10 bits per heavy atom. The second-order valence-electron chi connectivity index (χ2n) is 7.46. The topological polar surface area (TPSA) is 84.4 Å². The summed E-state index contributed by atoms with van der Waals surface area (Å²) < 4.78 is 19.3. The molecular weight excluding hydrogens is 375 g/mol. The van der Waals surface area contributed by atoms with Crippen LogP contribution in [0.2, 0.25) is 0 Å². The van der Waals surface area contributed by atoms with Crippen LogP contribution in [-0.2, 0) is 9.53 Å². The Hall–Kier alpha value is -2.87. The van der Waals surface area contributed by atoms with Gasteiger partial charge in [0.15, 0.2) is 0 Å². The first-order chi connectivity index (χ1) is 14.0. The van der Waals surface area contributed by atoms with Crippen molar-refractivity contribution in [1.29, 1.82) is 0 Å². The SMILES string of the molecule is Cc1nc(C2CC2)ncc1C(=O)N1CCOCC1CC(=O)Nc1ccccc1F. The highest BCUT2D eigenvalue weighted by Gasteiger charge is 2.32. The van der Waals surface area contributed by atoms with Crippen LogP contribution in [0.15, 0.2) is 30.5 Å². The number of morpholine rings is 1. The molecule has 1 N–H and O–H groups in total. The second kappa shape index (κ2) is 8.24. The fraction of sp³-hybridized carbons (Fsp3) is 0.429. The Kier molecular flexibility index (Phi) is 5.53. The number of hydrogen-bond donors (Lipinski definition) is 1. The fourth-order valence-corrected chi connectivity index (χ4v) is 3.46. The lowest BCUT2D eigenvalue weighted by molar-refractivity contribution is -0.118. The Bertz CT molecular complexity index is 932. The Balaban J connectivity index is 1.46. The molecule has 1 aliphatic heterocycles. The number of aromatic nitrogens is 2. The molecule has 1 aliphatic carbocycles. The summed E-state index contributed by atoms with van der Waals surface area (Å²) in [6.07, 6.45) is 3.79. The minimum absolute atomic E-state index is 0.0140. The molecule has 1 aromatic carbocycles. The van der Waals surface area contributed by atoms with Gasteiger partial charge in [-0.05, 0) is 31.9 Å². The minimum Gasteiger partial charge on any atom is -0.377 e. The molecule has 29 heavy (non-hydrogen) atoms. The molecule has 1 saturated heterocycles. The van der Waals surface area contributed by atoms with Crippen LogP contribution in [0.3, 0.4) is 0 Å². The number of anilines is 1. The number of hydrogen-bond acceptors (Lipinski definition) is 5. The lowest BCUT2D eigenvalue weighted by Gasteiger charge is -2.35. The van der Waals surface area contributed by atoms with Crippen molar-refractivity contribution in [2.75, 3.05) is 25.1 Å². The summed E-state index contributed by atoms with van der Waals surface area (Å²) in [5, 5.41) is 2.56. The standard InChI is InChI=1S/C21H23FN4O3/c1-13-16(11-23-20(24-13)14-6-7-14)21(28)26-8-9-29-12-15(26)10-19(27)25-18-5-3-2-4-17(18)22/h2-5,11,14-15H,6-10,12H2,1H3,(H,25,27). The average molecular weight is 398 g/mol. The van der Waals surface area contributed by atoms with Gasteiger partial charge in [-0.25, -0.2) is 14.4 Å². The smallest absolute Gasteiger partial charge is 0.257 e. The third kappa shape index (κ3) is 4.42. The van der Waals surface area contributed by atoms with Gasteiger partial charge in [0.25, 0.3) is 5.91 Å². The molecule has 2 amide bonds. The zero-order valence-electron chi connectivity index (χ0n) is 16.2. The van der Waals surface area contributed by atoms with Gasteiger partial charge >= 0.3 is 0 Å². The van der Waals surface area contributed by atoms with E-state index in [1.807, 2.05) is 0 Å². The van der Waals surface area contributed by atoms with Crippen LogP contribution in [0.1, 0.15) is 47.1 Å². The quantitative estimate of drug-likeness (QED) is 0.837. The largest absolute Gasteiger partial charge is 0.377 e. The maximum atomic E-state index is 13.8. The van der Waals surface area contributed by atoms with Crippen molar-refractivity contribution in [3.8, 4) is 0 Å². The maximum Gasteiger partial charge on any atom is 0.257 e. The van der Waals surface area contributed by atoms with Crippen molar-refractivity contribution in [2.45, 2.75) is 38.1 Å². The summed E-state index contributed by atoms with van der Waals surface area (Å²) in [5.74, 6) is 0.118. The van der Waals surface area contributed by atoms with Gasteiger partial charge in [-0.3, -0.25) is 9.59 Å². The van der Waals surface area contributed by atoms with Crippen molar-refractivity contribution in [2.24, 2.45) is 0 Å². The number of rotatable bonds is 5. The predicted molar refractivity (Wildman–Crippen MR) is 104 cm³/mol. The summed E-state index contributed by atoms with van der Waals surface area (Å²) >= 11 is 0. The lowest BCUT2D eigenvalue weighted by Crippen LogP contribution is -2.50. The number of halogens is 1. The first kappa shape index (κ1) is 19.4. The molecule has 1 saturated carbocycles. The van der Waals surface area contributed by atoms with Crippen LogP contribution in [0.25, 0.3) is 0 Å². The maximum absolute atomic E-state index is 13.8. The average Bonchev–Trinajstić information content (AvgIpc) is 3.55. The van der Waals surface area contributed by atoms with E-state index in [-0.39, 0.29) is 30.5 Å². The fourth-order valence-electron chi connectivity index (χ4n) is 3.46. The molecule has 0 bridgehead atoms.